The molecule has 0 fully saturated rings. The second kappa shape index (κ2) is 17.1. The summed E-state index contributed by atoms with van der Waals surface area (Å²) in [4.78, 5) is 0. The molecule has 34 heavy (non-hydrogen) atoms. The number of hydrogen-bond donors (Lipinski definition) is 2. The Morgan fingerprint density at radius 3 is 1.38 bits per heavy atom. The van der Waals surface area contributed by atoms with Gasteiger partial charge in [0.2, 0.25) is 0 Å². The van der Waals surface area contributed by atoms with Crippen molar-refractivity contribution in [2.75, 3.05) is 51.1 Å². The molecule has 0 spiro atoms. The SMILES string of the molecule is CCCCCCOCCOc1cc(-c2ccc(N)c(OCCOCCCCCC)c2)ccc1N. The Morgan fingerprint density at radius 1 is 0.529 bits per heavy atom. The average Bonchev–Trinajstić information content (AvgIpc) is 2.84. The van der Waals surface area contributed by atoms with Crippen LogP contribution in [0, 0.1) is 0 Å². The van der Waals surface area contributed by atoms with Crippen LogP contribution in [-0.2, 0) is 9.47 Å². The summed E-state index contributed by atoms with van der Waals surface area (Å²) >= 11 is 0. The zero-order valence-electron chi connectivity index (χ0n) is 21.2. The molecule has 0 saturated carbocycles. The van der Waals surface area contributed by atoms with Crippen LogP contribution in [0.1, 0.15) is 65.2 Å². The molecule has 0 bridgehead atoms. The standard InChI is InChI=1S/C28H44N2O4/c1-3-5-7-9-15-31-17-19-33-27-21-23(11-13-25(27)29)24-12-14-26(30)28(22-24)34-20-18-32-16-10-8-6-4-2/h11-14,21-22H,3-10,15-20,29-30H2,1-2H3. The molecule has 0 aliphatic carbocycles. The number of benzene rings is 2. The highest BCUT2D eigenvalue weighted by molar-refractivity contribution is 5.73. The van der Waals surface area contributed by atoms with Gasteiger partial charge in [0.05, 0.1) is 24.6 Å². The maximum absolute atomic E-state index is 6.13. The lowest BCUT2D eigenvalue weighted by molar-refractivity contribution is 0.0973. The van der Waals surface area contributed by atoms with Crippen LogP contribution >= 0.6 is 0 Å². The summed E-state index contributed by atoms with van der Waals surface area (Å²) in [5, 5.41) is 0. The van der Waals surface area contributed by atoms with E-state index in [0.29, 0.717) is 49.3 Å². The van der Waals surface area contributed by atoms with Crippen molar-refractivity contribution in [1.29, 1.82) is 0 Å². The first kappa shape index (κ1) is 27.8. The minimum absolute atomic E-state index is 0.468. The second-order valence-electron chi connectivity index (χ2n) is 8.55. The van der Waals surface area contributed by atoms with E-state index in [9.17, 15) is 0 Å². The van der Waals surface area contributed by atoms with Gasteiger partial charge in [0.25, 0.3) is 0 Å². The Balaban J connectivity index is 1.83. The highest BCUT2D eigenvalue weighted by Gasteiger charge is 2.08. The van der Waals surface area contributed by atoms with Crippen LogP contribution in [0.5, 0.6) is 11.5 Å². The predicted molar refractivity (Wildman–Crippen MR) is 142 cm³/mol. The molecule has 0 aromatic heterocycles. The van der Waals surface area contributed by atoms with E-state index in [4.69, 9.17) is 30.4 Å². The van der Waals surface area contributed by atoms with E-state index in [2.05, 4.69) is 13.8 Å². The van der Waals surface area contributed by atoms with Crippen LogP contribution in [0.15, 0.2) is 36.4 Å². The Morgan fingerprint density at radius 2 is 0.971 bits per heavy atom. The molecule has 0 aliphatic heterocycles. The van der Waals surface area contributed by atoms with Gasteiger partial charge in [0, 0.05) is 13.2 Å². The summed E-state index contributed by atoms with van der Waals surface area (Å²) in [7, 11) is 0. The minimum Gasteiger partial charge on any atom is -0.489 e. The third-order valence-electron chi connectivity index (χ3n) is 5.62. The Bertz CT molecular complexity index is 745. The van der Waals surface area contributed by atoms with E-state index in [1.165, 1.54) is 38.5 Å². The van der Waals surface area contributed by atoms with Crippen LogP contribution in [0.3, 0.4) is 0 Å². The lowest BCUT2D eigenvalue weighted by Gasteiger charge is -2.13. The van der Waals surface area contributed by atoms with Crippen LogP contribution < -0.4 is 20.9 Å². The summed E-state index contributed by atoms with van der Waals surface area (Å²) in [5.74, 6) is 1.31. The monoisotopic (exact) mass is 472 g/mol. The molecular formula is C28H44N2O4. The quantitative estimate of drug-likeness (QED) is 0.180. The van der Waals surface area contributed by atoms with E-state index < -0.39 is 0 Å². The minimum atomic E-state index is 0.468. The van der Waals surface area contributed by atoms with E-state index in [1.807, 2.05) is 36.4 Å². The summed E-state index contributed by atoms with van der Waals surface area (Å²) in [6, 6.07) is 11.6. The fourth-order valence-corrected chi connectivity index (χ4v) is 3.56. The molecule has 4 N–H and O–H groups in total. The first-order valence-electron chi connectivity index (χ1n) is 12.9. The number of nitrogen functional groups attached to an aromatic ring is 2. The molecule has 6 nitrogen and oxygen atoms in total. The predicted octanol–water partition coefficient (Wildman–Crippen LogP) is 6.47. The molecule has 190 valence electrons. The number of rotatable bonds is 19. The van der Waals surface area contributed by atoms with Crippen molar-refractivity contribution < 1.29 is 18.9 Å². The number of ether oxygens (including phenoxy) is 4. The van der Waals surface area contributed by atoms with Crippen molar-refractivity contribution in [1.82, 2.24) is 0 Å². The molecule has 0 amide bonds. The zero-order chi connectivity index (χ0) is 24.4. The molecule has 2 aromatic rings. The van der Waals surface area contributed by atoms with Gasteiger partial charge in [-0.05, 0) is 48.2 Å². The summed E-state index contributed by atoms with van der Waals surface area (Å²) in [5.41, 5.74) is 15.4. The van der Waals surface area contributed by atoms with E-state index in [1.54, 1.807) is 0 Å². The molecule has 0 aliphatic rings. The maximum atomic E-state index is 6.13. The summed E-state index contributed by atoms with van der Waals surface area (Å²) < 4.78 is 23.1. The van der Waals surface area contributed by atoms with Crippen LogP contribution in [-0.4, -0.2) is 39.6 Å². The normalized spacial score (nSPS) is 11.0. The number of nitrogens with two attached hydrogens (primary N) is 2. The third kappa shape index (κ3) is 10.7. The third-order valence-corrected chi connectivity index (χ3v) is 5.62. The average molecular weight is 473 g/mol. The van der Waals surface area contributed by atoms with Crippen LogP contribution in [0.25, 0.3) is 11.1 Å². The lowest BCUT2D eigenvalue weighted by atomic mass is 10.0. The fraction of sp³-hybridized carbons (Fsp3) is 0.571. The maximum Gasteiger partial charge on any atom is 0.142 e. The van der Waals surface area contributed by atoms with Gasteiger partial charge in [0.1, 0.15) is 24.7 Å². The van der Waals surface area contributed by atoms with E-state index >= 15 is 0 Å². The first-order valence-corrected chi connectivity index (χ1v) is 12.9. The van der Waals surface area contributed by atoms with Gasteiger partial charge in [-0.1, -0.05) is 64.5 Å². The van der Waals surface area contributed by atoms with Crippen molar-refractivity contribution in [3.05, 3.63) is 36.4 Å². The van der Waals surface area contributed by atoms with Crippen LogP contribution in [0.4, 0.5) is 11.4 Å². The largest absolute Gasteiger partial charge is 0.489 e. The molecule has 2 aromatic carbocycles. The number of hydrogen-bond acceptors (Lipinski definition) is 6. The van der Waals surface area contributed by atoms with Gasteiger partial charge in [-0.15, -0.1) is 0 Å². The molecule has 0 atom stereocenters. The summed E-state index contributed by atoms with van der Waals surface area (Å²) in [6.45, 7) is 8.00. The highest BCUT2D eigenvalue weighted by Crippen LogP contribution is 2.33. The first-order chi connectivity index (χ1) is 16.7. The van der Waals surface area contributed by atoms with Gasteiger partial charge in [0.15, 0.2) is 0 Å². The molecule has 2 rings (SSSR count). The zero-order valence-corrected chi connectivity index (χ0v) is 21.2. The summed E-state index contributed by atoms with van der Waals surface area (Å²) in [6.07, 6.45) is 9.59. The smallest absolute Gasteiger partial charge is 0.142 e. The van der Waals surface area contributed by atoms with Gasteiger partial charge in [-0.25, -0.2) is 0 Å². The van der Waals surface area contributed by atoms with Gasteiger partial charge in [-0.3, -0.25) is 0 Å². The fourth-order valence-electron chi connectivity index (χ4n) is 3.56. The van der Waals surface area contributed by atoms with E-state index in [0.717, 1.165) is 37.2 Å². The molecule has 6 heteroatoms. The lowest BCUT2D eigenvalue weighted by Crippen LogP contribution is -2.09. The van der Waals surface area contributed by atoms with Crippen molar-refractivity contribution in [3.63, 3.8) is 0 Å². The van der Waals surface area contributed by atoms with Crippen LogP contribution in [0.2, 0.25) is 0 Å². The van der Waals surface area contributed by atoms with Gasteiger partial charge >= 0.3 is 0 Å². The van der Waals surface area contributed by atoms with Crippen molar-refractivity contribution in [3.8, 4) is 22.6 Å². The van der Waals surface area contributed by atoms with Crippen molar-refractivity contribution >= 4 is 11.4 Å². The Kier molecular flexibility index (Phi) is 14.0. The topological polar surface area (TPSA) is 89.0 Å². The van der Waals surface area contributed by atoms with Gasteiger partial charge in [-0.2, -0.15) is 0 Å². The second-order valence-corrected chi connectivity index (χ2v) is 8.55. The molecule has 0 radical (unpaired) electrons. The number of unbranched alkanes of at least 4 members (excludes halogenated alkanes) is 6. The van der Waals surface area contributed by atoms with Gasteiger partial charge < -0.3 is 30.4 Å². The number of anilines is 2. The molecule has 0 saturated heterocycles. The van der Waals surface area contributed by atoms with E-state index in [-0.39, 0.29) is 0 Å². The molecular weight excluding hydrogens is 428 g/mol. The molecule has 0 unspecified atom stereocenters. The highest BCUT2D eigenvalue weighted by atomic mass is 16.5. The van der Waals surface area contributed by atoms with Crippen molar-refractivity contribution in [2.45, 2.75) is 65.2 Å². The Hall–Kier alpha value is -2.44. The molecule has 0 heterocycles. The Labute approximate surface area is 205 Å². The van der Waals surface area contributed by atoms with Crippen molar-refractivity contribution in [2.24, 2.45) is 0 Å².